The van der Waals surface area contributed by atoms with E-state index in [2.05, 4.69) is 31.0 Å². The van der Waals surface area contributed by atoms with Gasteiger partial charge in [-0.2, -0.15) is 0 Å². The summed E-state index contributed by atoms with van der Waals surface area (Å²) in [4.78, 5) is 56.5. The van der Waals surface area contributed by atoms with Crippen molar-refractivity contribution in [2.75, 3.05) is 10.6 Å². The van der Waals surface area contributed by atoms with Crippen molar-refractivity contribution < 1.29 is 38.9 Å². The molecule has 0 aliphatic heterocycles. The lowest BCUT2D eigenvalue weighted by atomic mass is 10.0. The van der Waals surface area contributed by atoms with Crippen molar-refractivity contribution in [3.63, 3.8) is 0 Å². The number of ether oxygens (including phenoxy) is 2. The van der Waals surface area contributed by atoms with Gasteiger partial charge < -0.3 is 19.7 Å². The highest BCUT2D eigenvalue weighted by atomic mass is 16.6. The molecule has 0 saturated carbocycles. The summed E-state index contributed by atoms with van der Waals surface area (Å²) < 4.78 is 11.3. The number of hydrogen-bond acceptors (Lipinski definition) is 12. The second-order valence-corrected chi connectivity index (χ2v) is 15.6. The summed E-state index contributed by atoms with van der Waals surface area (Å²) >= 11 is 0. The number of rotatable bonds is 12. The summed E-state index contributed by atoms with van der Waals surface area (Å²) in [5.74, 6) is -1.87. The fourth-order valence-corrected chi connectivity index (χ4v) is 7.52. The third-order valence-corrected chi connectivity index (χ3v) is 10.9. The zero-order chi connectivity index (χ0) is 47.4. The molecule has 0 saturated heterocycles. The predicted octanol–water partition coefficient (Wildman–Crippen LogP) is 9.84. The number of hydrogen-bond donors (Lipinski definition) is 4. The molecule has 10 rings (SSSR count). The molecule has 0 bridgehead atoms. The molecular formula is C53H36N8O8. The molecule has 0 unspecified atom stereocenters. The Labute approximate surface area is 391 Å². The van der Waals surface area contributed by atoms with Crippen molar-refractivity contribution in [2.24, 2.45) is 0 Å². The molecule has 10 aromatic rings. The summed E-state index contributed by atoms with van der Waals surface area (Å²) in [5.41, 5.74) is 5.90. The Morgan fingerprint density at radius 1 is 0.435 bits per heavy atom. The maximum Gasteiger partial charge on any atom is 0.417 e. The fourth-order valence-electron chi connectivity index (χ4n) is 7.52. The van der Waals surface area contributed by atoms with Crippen molar-refractivity contribution in [1.82, 2.24) is 30.0 Å². The quantitative estimate of drug-likeness (QED) is 0.0844. The van der Waals surface area contributed by atoms with E-state index in [1.807, 2.05) is 48.5 Å². The van der Waals surface area contributed by atoms with Crippen LogP contribution in [-0.4, -0.2) is 64.0 Å². The molecule has 0 aliphatic carbocycles. The molecule has 336 valence electrons. The average molecular weight is 913 g/mol. The van der Waals surface area contributed by atoms with Crippen LogP contribution in [0.15, 0.2) is 182 Å². The third kappa shape index (κ3) is 9.29. The molecule has 2 heterocycles. The summed E-state index contributed by atoms with van der Waals surface area (Å²) in [6.07, 6.45) is -1.28. The van der Waals surface area contributed by atoms with Gasteiger partial charge in [-0.15, -0.1) is 30.0 Å². The number of aromatic nitrogens is 6. The molecule has 16 nitrogen and oxygen atoms in total. The number of carbonyl (C=O) groups excluding carboxylic acids is 4. The highest BCUT2D eigenvalue weighted by Gasteiger charge is 2.24. The van der Waals surface area contributed by atoms with Gasteiger partial charge in [0, 0.05) is 34.6 Å². The first-order valence-electron chi connectivity index (χ1n) is 21.4. The lowest BCUT2D eigenvalue weighted by Crippen LogP contribution is -2.19. The molecule has 2 aromatic heterocycles. The van der Waals surface area contributed by atoms with Crippen LogP contribution in [0.4, 0.5) is 21.0 Å². The first-order valence-corrected chi connectivity index (χ1v) is 21.4. The van der Waals surface area contributed by atoms with E-state index in [0.29, 0.717) is 51.0 Å². The molecule has 0 atom stereocenters. The smallest absolute Gasteiger partial charge is 0.417 e. The minimum atomic E-state index is -0.894. The van der Waals surface area contributed by atoms with Crippen LogP contribution >= 0.6 is 0 Å². The molecule has 8 aromatic carbocycles. The summed E-state index contributed by atoms with van der Waals surface area (Å²) in [6.45, 7) is 0. The molecule has 16 heteroatoms. The molecule has 0 spiro atoms. The van der Waals surface area contributed by atoms with Crippen molar-refractivity contribution in [3.8, 4) is 34.4 Å². The first kappa shape index (κ1) is 43.0. The largest absolute Gasteiger partial charge is 0.505 e. The Morgan fingerprint density at radius 3 is 1.12 bits per heavy atom. The van der Waals surface area contributed by atoms with Gasteiger partial charge in [0.25, 0.3) is 0 Å². The highest BCUT2D eigenvalue weighted by molar-refractivity contribution is 6.12. The Hall–Kier alpha value is -9.96. The van der Waals surface area contributed by atoms with E-state index in [9.17, 15) is 29.4 Å². The first-order chi connectivity index (χ1) is 33.6. The van der Waals surface area contributed by atoms with Crippen molar-refractivity contribution in [1.29, 1.82) is 0 Å². The van der Waals surface area contributed by atoms with E-state index < -0.39 is 23.8 Å². The number of benzene rings is 8. The molecule has 0 aliphatic rings. The van der Waals surface area contributed by atoms with Crippen LogP contribution in [-0.2, 0) is 6.42 Å². The van der Waals surface area contributed by atoms with E-state index in [4.69, 9.17) is 9.47 Å². The Bertz CT molecular complexity index is 3280. The van der Waals surface area contributed by atoms with Gasteiger partial charge in [-0.3, -0.25) is 20.2 Å². The number of anilines is 2. The lowest BCUT2D eigenvalue weighted by molar-refractivity contribution is 0.102. The van der Waals surface area contributed by atoms with Gasteiger partial charge in [-0.25, -0.2) is 9.59 Å². The Kier molecular flexibility index (Phi) is 11.5. The van der Waals surface area contributed by atoms with E-state index in [-0.39, 0.29) is 45.5 Å². The third-order valence-electron chi connectivity index (χ3n) is 10.9. The van der Waals surface area contributed by atoms with Gasteiger partial charge in [0.1, 0.15) is 56.4 Å². The van der Waals surface area contributed by atoms with Gasteiger partial charge in [-0.05, 0) is 78.2 Å². The van der Waals surface area contributed by atoms with Crippen LogP contribution in [0.25, 0.3) is 33.4 Å². The van der Waals surface area contributed by atoms with Crippen LogP contribution in [0.3, 0.4) is 0 Å². The molecule has 2 amide bonds. The molecule has 69 heavy (non-hydrogen) atoms. The van der Waals surface area contributed by atoms with Crippen LogP contribution in [0.1, 0.15) is 43.0 Å². The maximum absolute atomic E-state index is 13.8. The molecule has 4 N–H and O–H groups in total. The topological polar surface area (TPSA) is 213 Å². The molecule has 0 radical (unpaired) electrons. The van der Waals surface area contributed by atoms with Crippen molar-refractivity contribution in [3.05, 3.63) is 215 Å². The summed E-state index contributed by atoms with van der Waals surface area (Å²) in [7, 11) is 0. The summed E-state index contributed by atoms with van der Waals surface area (Å²) in [6, 6.07) is 50.5. The van der Waals surface area contributed by atoms with Crippen molar-refractivity contribution in [2.45, 2.75) is 6.42 Å². The highest BCUT2D eigenvalue weighted by Crippen LogP contribution is 2.35. The second-order valence-electron chi connectivity index (χ2n) is 15.6. The monoisotopic (exact) mass is 912 g/mol. The van der Waals surface area contributed by atoms with Gasteiger partial charge in [0.15, 0.2) is 11.6 Å². The average Bonchev–Trinajstić information content (AvgIpc) is 4.00. The van der Waals surface area contributed by atoms with Crippen LogP contribution < -0.4 is 20.1 Å². The number of phenols is 2. The Balaban J connectivity index is 0.794. The number of nitrogens with one attached hydrogen (secondary N) is 2. The van der Waals surface area contributed by atoms with E-state index >= 15 is 0 Å². The molecule has 0 fully saturated rings. The standard InChI is InChI=1S/C53H36N8O8/c62-46-30-48(38(50(64)34-11-3-1-4-12-34)28-44(46)60-56-40-15-7-8-16-41(40)57-60)68-52(66)54-36-23-19-32(20-24-36)27-33-21-25-37(26-22-33)55-53(67)69-49-31-47(63)45(61-58-42-17-9-10-18-43(42)59-61)29-39(49)51(65)35-13-5-2-6-14-35/h1-26,28-31,62-63H,27H2,(H,54,66)(H,55,67). The van der Waals surface area contributed by atoms with Crippen LogP contribution in [0, 0.1) is 0 Å². The Morgan fingerprint density at radius 2 is 0.768 bits per heavy atom. The van der Waals surface area contributed by atoms with E-state index in [1.165, 1.54) is 33.9 Å². The van der Waals surface area contributed by atoms with Crippen LogP contribution in [0.2, 0.25) is 0 Å². The van der Waals surface area contributed by atoms with Gasteiger partial charge >= 0.3 is 12.2 Å². The maximum atomic E-state index is 13.8. The minimum Gasteiger partial charge on any atom is -0.505 e. The predicted molar refractivity (Wildman–Crippen MR) is 256 cm³/mol. The second kappa shape index (κ2) is 18.5. The van der Waals surface area contributed by atoms with Gasteiger partial charge in [0.05, 0.1) is 11.1 Å². The zero-order valence-electron chi connectivity index (χ0n) is 36.1. The normalized spacial score (nSPS) is 11.0. The molecular weight excluding hydrogens is 877 g/mol. The number of amides is 2. The summed E-state index contributed by atoms with van der Waals surface area (Å²) in [5, 5.41) is 45.2. The number of aromatic hydroxyl groups is 2. The van der Waals surface area contributed by atoms with Crippen LogP contribution in [0.5, 0.6) is 23.0 Å². The number of carbonyl (C=O) groups is 4. The lowest BCUT2D eigenvalue weighted by Gasteiger charge is -2.14. The van der Waals surface area contributed by atoms with E-state index in [1.54, 1.807) is 109 Å². The number of phenolic OH excluding ortho intramolecular Hbond substituents is 2. The van der Waals surface area contributed by atoms with Gasteiger partial charge in [-0.1, -0.05) is 109 Å². The van der Waals surface area contributed by atoms with E-state index in [0.717, 1.165) is 11.1 Å². The fraction of sp³-hybridized carbons (Fsp3) is 0.0189. The SMILES string of the molecule is O=C(Nc1ccc(Cc2ccc(NC(=O)Oc3cc(O)c(-n4nc5ccccc5n4)cc3C(=O)c3ccccc3)cc2)cc1)Oc1cc(O)c(-n2nc3ccccc3n2)cc1C(=O)c1ccccc1. The zero-order valence-corrected chi connectivity index (χ0v) is 36.1. The number of ketones is 2. The van der Waals surface area contributed by atoms with Crippen molar-refractivity contribution >= 4 is 57.2 Å². The number of fused-ring (bicyclic) bond motifs is 2. The number of nitrogens with zero attached hydrogens (tertiary/aromatic N) is 6. The van der Waals surface area contributed by atoms with Gasteiger partial charge in [0.2, 0.25) is 0 Å². The minimum absolute atomic E-state index is 0.00678.